The monoisotopic (exact) mass is 194 g/mol. The normalized spacial score (nSPS) is 12.2. The average Bonchev–Trinajstić information content (AvgIpc) is 2.45. The van der Waals surface area contributed by atoms with Crippen LogP contribution in [0.1, 0.15) is 19.5 Å². The molecule has 0 fully saturated rings. The summed E-state index contributed by atoms with van der Waals surface area (Å²) in [7, 11) is 0. The second-order valence-corrected chi connectivity index (χ2v) is 3.76. The van der Waals surface area contributed by atoms with Crippen LogP contribution in [-0.4, -0.2) is 5.16 Å². The minimum absolute atomic E-state index is 0.313. The van der Waals surface area contributed by atoms with Gasteiger partial charge in [0.2, 0.25) is 0 Å². The summed E-state index contributed by atoms with van der Waals surface area (Å²) in [6, 6.07) is 5.06. The molecule has 0 atom stereocenters. The van der Waals surface area contributed by atoms with Gasteiger partial charge in [0.25, 0.3) is 0 Å². The van der Waals surface area contributed by atoms with Gasteiger partial charge in [-0.2, -0.15) is 0 Å². The largest absolute Gasteiger partial charge is 0.399 e. The molecule has 2 aromatic rings. The van der Waals surface area contributed by atoms with E-state index in [1.165, 1.54) is 13.8 Å². The van der Waals surface area contributed by atoms with Gasteiger partial charge in [-0.25, -0.2) is 4.39 Å². The van der Waals surface area contributed by atoms with Crippen LogP contribution in [0.3, 0.4) is 0 Å². The number of halogens is 1. The van der Waals surface area contributed by atoms with Crippen molar-refractivity contribution in [2.75, 3.05) is 5.73 Å². The third kappa shape index (κ3) is 1.32. The van der Waals surface area contributed by atoms with Crippen molar-refractivity contribution in [3.63, 3.8) is 0 Å². The van der Waals surface area contributed by atoms with Crippen molar-refractivity contribution in [2.45, 2.75) is 19.5 Å². The molecule has 1 aromatic heterocycles. The number of aromatic nitrogens is 1. The van der Waals surface area contributed by atoms with Crippen LogP contribution in [0.25, 0.3) is 11.0 Å². The molecule has 1 heterocycles. The summed E-state index contributed by atoms with van der Waals surface area (Å²) in [5, 5.41) is 4.38. The van der Waals surface area contributed by atoms with Crippen LogP contribution in [0, 0.1) is 0 Å². The van der Waals surface area contributed by atoms with Gasteiger partial charge in [-0.05, 0) is 26.0 Å². The van der Waals surface area contributed by atoms with Crippen LogP contribution in [-0.2, 0) is 5.67 Å². The van der Waals surface area contributed by atoms with Gasteiger partial charge in [-0.3, -0.25) is 0 Å². The van der Waals surface area contributed by atoms with E-state index in [1.54, 1.807) is 18.2 Å². The summed E-state index contributed by atoms with van der Waals surface area (Å²) < 4.78 is 18.6. The Hall–Kier alpha value is -1.58. The summed E-state index contributed by atoms with van der Waals surface area (Å²) >= 11 is 0. The van der Waals surface area contributed by atoms with Crippen LogP contribution < -0.4 is 5.73 Å². The Balaban J connectivity index is 2.70. The summed E-state index contributed by atoms with van der Waals surface area (Å²) in [4.78, 5) is 0. The van der Waals surface area contributed by atoms with E-state index in [1.807, 2.05) is 0 Å². The highest BCUT2D eigenvalue weighted by atomic mass is 19.1. The SMILES string of the molecule is CC(C)(F)c1noc2cc(N)ccc12. The molecule has 2 N–H and O–H groups in total. The second kappa shape index (κ2) is 2.70. The molecule has 0 aliphatic carbocycles. The number of benzene rings is 1. The van der Waals surface area contributed by atoms with E-state index in [0.717, 1.165) is 0 Å². The summed E-state index contributed by atoms with van der Waals surface area (Å²) in [6.45, 7) is 2.89. The van der Waals surface area contributed by atoms with E-state index >= 15 is 0 Å². The first-order valence-corrected chi connectivity index (χ1v) is 4.33. The highest BCUT2D eigenvalue weighted by Gasteiger charge is 2.26. The molecule has 2 rings (SSSR count). The maximum absolute atomic E-state index is 13.6. The van der Waals surface area contributed by atoms with Crippen LogP contribution in [0.15, 0.2) is 22.7 Å². The van der Waals surface area contributed by atoms with Gasteiger partial charge in [-0.15, -0.1) is 0 Å². The van der Waals surface area contributed by atoms with Crippen molar-refractivity contribution in [1.29, 1.82) is 0 Å². The fourth-order valence-electron chi connectivity index (χ4n) is 1.38. The van der Waals surface area contributed by atoms with E-state index in [9.17, 15) is 4.39 Å². The Morgan fingerprint density at radius 1 is 1.43 bits per heavy atom. The molecule has 0 saturated carbocycles. The van der Waals surface area contributed by atoms with Crippen LogP contribution in [0.4, 0.5) is 10.1 Å². The lowest BCUT2D eigenvalue weighted by atomic mass is 10.0. The van der Waals surface area contributed by atoms with Crippen LogP contribution in [0.2, 0.25) is 0 Å². The Morgan fingerprint density at radius 3 is 2.79 bits per heavy atom. The lowest BCUT2D eigenvalue weighted by Gasteiger charge is -2.09. The highest BCUT2D eigenvalue weighted by Crippen LogP contribution is 2.31. The summed E-state index contributed by atoms with van der Waals surface area (Å²) in [5.74, 6) is 0. The highest BCUT2D eigenvalue weighted by molar-refractivity contribution is 5.83. The second-order valence-electron chi connectivity index (χ2n) is 3.76. The van der Waals surface area contributed by atoms with Crippen molar-refractivity contribution in [3.8, 4) is 0 Å². The molecule has 0 spiro atoms. The first kappa shape index (κ1) is 8.99. The zero-order chi connectivity index (χ0) is 10.3. The number of alkyl halides is 1. The number of nitrogens with zero attached hydrogens (tertiary/aromatic N) is 1. The van der Waals surface area contributed by atoms with Crippen LogP contribution in [0.5, 0.6) is 0 Å². The third-order valence-corrected chi connectivity index (χ3v) is 2.06. The molecule has 0 bridgehead atoms. The van der Waals surface area contributed by atoms with Gasteiger partial charge in [0, 0.05) is 17.1 Å². The predicted molar refractivity (Wildman–Crippen MR) is 52.6 cm³/mol. The standard InChI is InChI=1S/C10H11FN2O/c1-10(2,11)9-7-4-3-6(12)5-8(7)14-13-9/h3-5H,12H2,1-2H3. The summed E-state index contributed by atoms with van der Waals surface area (Å²) in [5.41, 5.74) is 5.47. The molecular formula is C10H11FN2O. The number of rotatable bonds is 1. The Labute approximate surface area is 80.7 Å². The number of fused-ring (bicyclic) bond motifs is 1. The molecule has 0 saturated heterocycles. The van der Waals surface area contributed by atoms with E-state index in [4.69, 9.17) is 10.3 Å². The predicted octanol–water partition coefficient (Wildman–Crippen LogP) is 2.61. The molecule has 74 valence electrons. The zero-order valence-electron chi connectivity index (χ0n) is 8.04. The maximum atomic E-state index is 13.6. The molecule has 0 aliphatic heterocycles. The van der Waals surface area contributed by atoms with Gasteiger partial charge in [0.05, 0.1) is 0 Å². The quantitative estimate of drug-likeness (QED) is 0.710. The van der Waals surface area contributed by atoms with E-state index in [-0.39, 0.29) is 0 Å². The number of anilines is 1. The van der Waals surface area contributed by atoms with Crippen LogP contribution >= 0.6 is 0 Å². The number of nitrogens with two attached hydrogens (primary N) is 1. The van der Waals surface area contributed by atoms with Gasteiger partial charge in [-0.1, -0.05) is 5.16 Å². The molecule has 0 radical (unpaired) electrons. The number of hydrogen-bond donors (Lipinski definition) is 1. The third-order valence-electron chi connectivity index (χ3n) is 2.06. The van der Waals surface area contributed by atoms with Crippen molar-refractivity contribution in [1.82, 2.24) is 5.16 Å². The van der Waals surface area contributed by atoms with E-state index in [2.05, 4.69) is 5.16 Å². The molecule has 0 amide bonds. The molecular weight excluding hydrogens is 183 g/mol. The minimum Gasteiger partial charge on any atom is -0.399 e. The maximum Gasteiger partial charge on any atom is 0.169 e. The molecule has 1 aromatic carbocycles. The van der Waals surface area contributed by atoms with Crippen molar-refractivity contribution in [3.05, 3.63) is 23.9 Å². The summed E-state index contributed by atoms with van der Waals surface area (Å²) in [6.07, 6.45) is 0. The topological polar surface area (TPSA) is 52.0 Å². The zero-order valence-corrected chi connectivity index (χ0v) is 8.04. The smallest absolute Gasteiger partial charge is 0.169 e. The first-order chi connectivity index (χ1) is 6.48. The van der Waals surface area contributed by atoms with Gasteiger partial charge in [0.15, 0.2) is 11.3 Å². The first-order valence-electron chi connectivity index (χ1n) is 4.33. The Kier molecular flexibility index (Phi) is 1.74. The lowest BCUT2D eigenvalue weighted by molar-refractivity contribution is 0.207. The molecule has 4 heteroatoms. The molecule has 0 aliphatic rings. The fourth-order valence-corrected chi connectivity index (χ4v) is 1.38. The Bertz CT molecular complexity index is 470. The van der Waals surface area contributed by atoms with Crippen molar-refractivity contribution >= 4 is 16.7 Å². The van der Waals surface area contributed by atoms with Gasteiger partial charge < -0.3 is 10.3 Å². The molecule has 0 unspecified atom stereocenters. The van der Waals surface area contributed by atoms with E-state index in [0.29, 0.717) is 22.4 Å². The van der Waals surface area contributed by atoms with Crippen molar-refractivity contribution in [2.24, 2.45) is 0 Å². The van der Waals surface area contributed by atoms with Crippen molar-refractivity contribution < 1.29 is 8.91 Å². The lowest BCUT2D eigenvalue weighted by Crippen LogP contribution is -2.09. The number of nitrogen functional groups attached to an aromatic ring is 1. The Morgan fingerprint density at radius 2 is 2.14 bits per heavy atom. The molecule has 14 heavy (non-hydrogen) atoms. The number of hydrogen-bond acceptors (Lipinski definition) is 3. The fraction of sp³-hybridized carbons (Fsp3) is 0.300. The molecule has 3 nitrogen and oxygen atoms in total. The van der Waals surface area contributed by atoms with Gasteiger partial charge >= 0.3 is 0 Å². The average molecular weight is 194 g/mol. The van der Waals surface area contributed by atoms with E-state index < -0.39 is 5.67 Å². The minimum atomic E-state index is -1.50. The van der Waals surface area contributed by atoms with Gasteiger partial charge in [0.1, 0.15) is 5.69 Å².